The fourth-order valence-corrected chi connectivity index (χ4v) is 3.06. The summed E-state index contributed by atoms with van der Waals surface area (Å²) in [5, 5.41) is 15.9. The molecule has 0 aliphatic heterocycles. The molecule has 0 spiro atoms. The Balaban J connectivity index is 1.72. The molecule has 0 saturated carbocycles. The van der Waals surface area contributed by atoms with E-state index in [2.05, 4.69) is 5.10 Å². The number of nitro benzene ring substituents is 1. The van der Waals surface area contributed by atoms with E-state index in [0.717, 1.165) is 4.68 Å². The molecule has 4 aromatic rings. The van der Waals surface area contributed by atoms with Crippen molar-refractivity contribution in [1.82, 2.24) is 9.78 Å². The summed E-state index contributed by atoms with van der Waals surface area (Å²) in [6, 6.07) is 21.2. The average molecular weight is 401 g/mol. The van der Waals surface area contributed by atoms with Crippen LogP contribution in [0.4, 0.5) is 5.69 Å². The lowest BCUT2D eigenvalue weighted by atomic mass is 10.1. The summed E-state index contributed by atoms with van der Waals surface area (Å²) in [6.07, 6.45) is 0. The quantitative estimate of drug-likeness (QED) is 0.287. The molecule has 1 aromatic heterocycles. The Kier molecular flexibility index (Phi) is 5.04. The van der Waals surface area contributed by atoms with Crippen molar-refractivity contribution in [1.29, 1.82) is 0 Å². The second-order valence-corrected chi connectivity index (χ2v) is 6.45. The van der Waals surface area contributed by atoms with E-state index in [1.165, 1.54) is 18.2 Å². The predicted molar refractivity (Wildman–Crippen MR) is 110 cm³/mol. The van der Waals surface area contributed by atoms with Gasteiger partial charge in [0.1, 0.15) is 6.61 Å². The summed E-state index contributed by atoms with van der Waals surface area (Å²) in [6.45, 7) is -0.166. The van der Waals surface area contributed by atoms with Crippen LogP contribution in [0.3, 0.4) is 0 Å². The van der Waals surface area contributed by atoms with Gasteiger partial charge < -0.3 is 4.74 Å². The number of fused-ring (bicyclic) bond motifs is 1. The van der Waals surface area contributed by atoms with Crippen molar-refractivity contribution in [3.05, 3.63) is 111 Å². The summed E-state index contributed by atoms with van der Waals surface area (Å²) in [4.78, 5) is 36.1. The van der Waals surface area contributed by atoms with E-state index in [-0.39, 0.29) is 23.5 Å². The van der Waals surface area contributed by atoms with Crippen molar-refractivity contribution in [2.24, 2.45) is 0 Å². The number of nitrogens with zero attached hydrogens (tertiary/aromatic N) is 3. The van der Waals surface area contributed by atoms with Crippen molar-refractivity contribution < 1.29 is 14.5 Å². The van der Waals surface area contributed by atoms with Gasteiger partial charge in [0.25, 0.3) is 11.2 Å². The molecule has 3 aromatic carbocycles. The zero-order valence-electron chi connectivity index (χ0n) is 15.6. The Hall–Kier alpha value is -4.33. The van der Waals surface area contributed by atoms with Crippen molar-refractivity contribution in [3.8, 4) is 5.69 Å². The number of hydrogen-bond donors (Lipinski definition) is 0. The van der Waals surface area contributed by atoms with Gasteiger partial charge in [-0.1, -0.05) is 48.5 Å². The molecule has 0 unspecified atom stereocenters. The molecule has 8 nitrogen and oxygen atoms in total. The van der Waals surface area contributed by atoms with Crippen LogP contribution in [0.1, 0.15) is 16.1 Å². The van der Waals surface area contributed by atoms with E-state index >= 15 is 0 Å². The number of aromatic nitrogens is 2. The van der Waals surface area contributed by atoms with Crippen LogP contribution < -0.4 is 5.56 Å². The van der Waals surface area contributed by atoms with Crippen molar-refractivity contribution in [3.63, 3.8) is 0 Å². The Morgan fingerprint density at radius 1 is 0.967 bits per heavy atom. The summed E-state index contributed by atoms with van der Waals surface area (Å²) < 4.78 is 6.51. The van der Waals surface area contributed by atoms with Crippen LogP contribution in [0, 0.1) is 10.1 Å². The third-order valence-electron chi connectivity index (χ3n) is 4.49. The maximum atomic E-state index is 12.9. The minimum absolute atomic E-state index is 0.0144. The van der Waals surface area contributed by atoms with E-state index in [9.17, 15) is 19.7 Å². The molecule has 4 rings (SSSR count). The SMILES string of the molecule is O=C(OCc1cccc([N+](=O)[O-])c1)c1nn(-c2ccccc2)c(=O)c2ccccc12. The van der Waals surface area contributed by atoms with E-state index in [1.807, 2.05) is 6.07 Å². The van der Waals surface area contributed by atoms with Gasteiger partial charge >= 0.3 is 5.97 Å². The molecule has 0 saturated heterocycles. The molecule has 0 aliphatic carbocycles. The molecule has 0 radical (unpaired) electrons. The van der Waals surface area contributed by atoms with Gasteiger partial charge in [0.05, 0.1) is 16.0 Å². The lowest BCUT2D eigenvalue weighted by Crippen LogP contribution is -2.25. The normalized spacial score (nSPS) is 10.7. The van der Waals surface area contributed by atoms with E-state index in [1.54, 1.807) is 54.6 Å². The van der Waals surface area contributed by atoms with Gasteiger partial charge in [-0.05, 0) is 23.8 Å². The van der Waals surface area contributed by atoms with Gasteiger partial charge in [0.2, 0.25) is 0 Å². The first-order chi connectivity index (χ1) is 14.5. The smallest absolute Gasteiger partial charge is 0.359 e. The number of rotatable bonds is 5. The Bertz CT molecular complexity index is 1320. The first kappa shape index (κ1) is 19.0. The molecule has 30 heavy (non-hydrogen) atoms. The van der Waals surface area contributed by atoms with E-state index < -0.39 is 10.9 Å². The molecule has 148 valence electrons. The highest BCUT2D eigenvalue weighted by atomic mass is 16.6. The van der Waals surface area contributed by atoms with Gasteiger partial charge in [-0.25, -0.2) is 4.79 Å². The monoisotopic (exact) mass is 401 g/mol. The molecular weight excluding hydrogens is 386 g/mol. The number of para-hydroxylation sites is 1. The first-order valence-corrected chi connectivity index (χ1v) is 9.02. The molecule has 0 fully saturated rings. The molecule has 1 heterocycles. The molecule has 8 heteroatoms. The van der Waals surface area contributed by atoms with Gasteiger partial charge in [-0.15, -0.1) is 0 Å². The molecule has 0 N–H and O–H groups in total. The number of esters is 1. The van der Waals surface area contributed by atoms with Gasteiger partial charge in [-0.2, -0.15) is 9.78 Å². The first-order valence-electron chi connectivity index (χ1n) is 9.02. The zero-order chi connectivity index (χ0) is 21.1. The molecule has 0 bridgehead atoms. The highest BCUT2D eigenvalue weighted by Crippen LogP contribution is 2.18. The lowest BCUT2D eigenvalue weighted by Gasteiger charge is -2.11. The third kappa shape index (κ3) is 3.66. The number of benzene rings is 3. The van der Waals surface area contributed by atoms with Crippen molar-refractivity contribution in [2.75, 3.05) is 0 Å². The number of nitro groups is 1. The minimum atomic E-state index is -0.734. The summed E-state index contributed by atoms with van der Waals surface area (Å²) in [7, 11) is 0. The van der Waals surface area contributed by atoms with Crippen molar-refractivity contribution in [2.45, 2.75) is 6.61 Å². The largest absolute Gasteiger partial charge is 0.456 e. The highest BCUT2D eigenvalue weighted by molar-refractivity contribution is 6.02. The Morgan fingerprint density at radius 3 is 2.40 bits per heavy atom. The second-order valence-electron chi connectivity index (χ2n) is 6.45. The van der Waals surface area contributed by atoms with Crippen LogP contribution in [-0.4, -0.2) is 20.7 Å². The second kappa shape index (κ2) is 7.96. The molecule has 0 atom stereocenters. The summed E-state index contributed by atoms with van der Waals surface area (Å²) >= 11 is 0. The van der Waals surface area contributed by atoms with Gasteiger partial charge in [0, 0.05) is 17.5 Å². The minimum Gasteiger partial charge on any atom is -0.456 e. The summed E-state index contributed by atoms with van der Waals surface area (Å²) in [5.41, 5.74) is 0.524. The van der Waals surface area contributed by atoms with Crippen LogP contribution >= 0.6 is 0 Å². The standard InChI is InChI=1S/C22H15N3O5/c26-21-19-12-5-4-11-18(19)20(23-24(21)16-8-2-1-3-9-16)22(27)30-14-15-7-6-10-17(13-15)25(28)29/h1-13H,14H2. The lowest BCUT2D eigenvalue weighted by molar-refractivity contribution is -0.384. The van der Waals surface area contributed by atoms with Gasteiger partial charge in [-0.3, -0.25) is 14.9 Å². The number of non-ortho nitro benzene ring substituents is 1. The highest BCUT2D eigenvalue weighted by Gasteiger charge is 2.19. The van der Waals surface area contributed by atoms with E-state index in [4.69, 9.17) is 4.74 Å². The molecule has 0 aliphatic rings. The fourth-order valence-electron chi connectivity index (χ4n) is 3.06. The summed E-state index contributed by atoms with van der Waals surface area (Å²) in [5.74, 6) is -0.734. The topological polar surface area (TPSA) is 104 Å². The van der Waals surface area contributed by atoms with Crippen LogP contribution in [0.15, 0.2) is 83.7 Å². The van der Waals surface area contributed by atoms with Crippen LogP contribution in [-0.2, 0) is 11.3 Å². The van der Waals surface area contributed by atoms with Gasteiger partial charge in [0.15, 0.2) is 5.69 Å². The van der Waals surface area contributed by atoms with Crippen LogP contribution in [0.25, 0.3) is 16.5 Å². The van der Waals surface area contributed by atoms with Crippen LogP contribution in [0.2, 0.25) is 0 Å². The molecule has 0 amide bonds. The maximum absolute atomic E-state index is 12.9. The Morgan fingerprint density at radius 2 is 1.67 bits per heavy atom. The molecular formula is C22H15N3O5. The number of ether oxygens (including phenoxy) is 1. The van der Waals surface area contributed by atoms with Crippen molar-refractivity contribution >= 4 is 22.4 Å². The third-order valence-corrected chi connectivity index (χ3v) is 4.49. The zero-order valence-corrected chi connectivity index (χ0v) is 15.6. The predicted octanol–water partition coefficient (Wildman–Crippen LogP) is 3.65. The average Bonchev–Trinajstić information content (AvgIpc) is 2.78. The van der Waals surface area contributed by atoms with E-state index in [0.29, 0.717) is 22.0 Å². The number of carbonyl (C=O) groups is 1. The number of carbonyl (C=O) groups excluding carboxylic acids is 1. The fraction of sp³-hybridized carbons (Fsp3) is 0.0455. The Labute approximate surface area is 170 Å². The maximum Gasteiger partial charge on any atom is 0.359 e. The van der Waals surface area contributed by atoms with Crippen LogP contribution in [0.5, 0.6) is 0 Å². The number of hydrogen-bond acceptors (Lipinski definition) is 6.